The highest BCUT2D eigenvalue weighted by Crippen LogP contribution is 2.10. The molecule has 0 amide bonds. The monoisotopic (exact) mass is 300 g/mol. The largest absolute Gasteiger partial charge is 0.377 e. The van der Waals surface area contributed by atoms with Gasteiger partial charge in [-0.25, -0.2) is 0 Å². The molecule has 0 saturated carbocycles. The highest BCUT2D eigenvalue weighted by Gasteiger charge is 1.92. The number of halogens is 1. The third-order valence-corrected chi connectivity index (χ3v) is 3.30. The van der Waals surface area contributed by atoms with E-state index in [1.54, 1.807) is 6.08 Å². The number of hydrogen-bond acceptors (Lipinski definition) is 1. The molecule has 0 fully saturated rings. The van der Waals surface area contributed by atoms with Gasteiger partial charge in [0.05, 0.1) is 0 Å². The maximum atomic E-state index is 9.08. The summed E-state index contributed by atoms with van der Waals surface area (Å²) in [5, 5.41) is 10.2. The van der Waals surface area contributed by atoms with Crippen molar-refractivity contribution >= 4 is 15.9 Å². The van der Waals surface area contributed by atoms with Gasteiger partial charge in [-0.15, -0.1) is 6.42 Å². The molecule has 0 aromatic rings. The smallest absolute Gasteiger partial charge is 0.133 e. The first-order valence-electron chi connectivity index (χ1n) is 6.68. The molecule has 0 heterocycles. The van der Waals surface area contributed by atoms with Crippen LogP contribution in [0.25, 0.3) is 0 Å². The SMILES string of the molecule is C#C[C@H](O)C=CCCCCCCCCCCBr. The lowest BCUT2D eigenvalue weighted by Gasteiger charge is -2.00. The van der Waals surface area contributed by atoms with Crippen molar-refractivity contribution in [3.63, 3.8) is 0 Å². The van der Waals surface area contributed by atoms with Gasteiger partial charge in [0, 0.05) is 5.33 Å². The van der Waals surface area contributed by atoms with Gasteiger partial charge >= 0.3 is 0 Å². The molecule has 1 N–H and O–H groups in total. The minimum atomic E-state index is -0.704. The Morgan fingerprint density at radius 1 is 1.00 bits per heavy atom. The molecule has 0 aliphatic heterocycles. The van der Waals surface area contributed by atoms with Crippen LogP contribution in [0.2, 0.25) is 0 Å². The van der Waals surface area contributed by atoms with Gasteiger partial charge in [-0.2, -0.15) is 0 Å². The van der Waals surface area contributed by atoms with Gasteiger partial charge in [0.25, 0.3) is 0 Å². The van der Waals surface area contributed by atoms with Crippen LogP contribution in [0.15, 0.2) is 12.2 Å². The van der Waals surface area contributed by atoms with Crippen molar-refractivity contribution in [2.45, 2.75) is 63.9 Å². The fraction of sp³-hybridized carbons (Fsp3) is 0.733. The number of terminal acetylenes is 1. The second-order valence-corrected chi connectivity index (χ2v) is 5.14. The minimum Gasteiger partial charge on any atom is -0.377 e. The molecular formula is C15H25BrO. The van der Waals surface area contributed by atoms with E-state index in [4.69, 9.17) is 11.5 Å². The summed E-state index contributed by atoms with van der Waals surface area (Å²) in [7, 11) is 0. The Morgan fingerprint density at radius 3 is 2.06 bits per heavy atom. The van der Waals surface area contributed by atoms with E-state index in [-0.39, 0.29) is 0 Å². The summed E-state index contributed by atoms with van der Waals surface area (Å²) in [6, 6.07) is 0. The molecule has 0 aromatic heterocycles. The van der Waals surface area contributed by atoms with E-state index in [0.717, 1.165) is 11.8 Å². The second-order valence-electron chi connectivity index (χ2n) is 4.35. The Hall–Kier alpha value is -0.260. The molecule has 1 nitrogen and oxygen atoms in total. The lowest BCUT2D eigenvalue weighted by atomic mass is 10.1. The van der Waals surface area contributed by atoms with Crippen LogP contribution < -0.4 is 0 Å². The minimum absolute atomic E-state index is 0.704. The molecule has 0 unspecified atom stereocenters. The molecule has 0 rings (SSSR count). The fourth-order valence-electron chi connectivity index (χ4n) is 1.70. The molecule has 0 aliphatic carbocycles. The number of allylic oxidation sites excluding steroid dienone is 1. The van der Waals surface area contributed by atoms with Gasteiger partial charge in [-0.05, 0) is 25.3 Å². The molecule has 0 saturated heterocycles. The van der Waals surface area contributed by atoms with Crippen molar-refractivity contribution in [2.24, 2.45) is 0 Å². The molecule has 1 atom stereocenters. The van der Waals surface area contributed by atoms with Crippen LogP contribution in [0.5, 0.6) is 0 Å². The molecule has 0 bridgehead atoms. The highest BCUT2D eigenvalue weighted by atomic mass is 79.9. The summed E-state index contributed by atoms with van der Waals surface area (Å²) in [5.74, 6) is 2.27. The van der Waals surface area contributed by atoms with Crippen molar-refractivity contribution in [1.29, 1.82) is 0 Å². The fourth-order valence-corrected chi connectivity index (χ4v) is 2.09. The van der Waals surface area contributed by atoms with E-state index < -0.39 is 6.10 Å². The van der Waals surface area contributed by atoms with Crippen molar-refractivity contribution in [2.75, 3.05) is 5.33 Å². The van der Waals surface area contributed by atoms with Crippen LogP contribution in [-0.4, -0.2) is 16.5 Å². The molecule has 98 valence electrons. The van der Waals surface area contributed by atoms with E-state index in [2.05, 4.69) is 21.9 Å². The lowest BCUT2D eigenvalue weighted by molar-refractivity contribution is 0.280. The predicted molar refractivity (Wildman–Crippen MR) is 79.3 cm³/mol. The van der Waals surface area contributed by atoms with Gasteiger partial charge in [-0.1, -0.05) is 66.5 Å². The van der Waals surface area contributed by atoms with Crippen LogP contribution in [0.1, 0.15) is 57.8 Å². The van der Waals surface area contributed by atoms with Gasteiger partial charge < -0.3 is 5.11 Å². The topological polar surface area (TPSA) is 20.2 Å². The Labute approximate surface area is 115 Å². The Kier molecular flexibility index (Phi) is 13.6. The van der Waals surface area contributed by atoms with Crippen LogP contribution in [0.4, 0.5) is 0 Å². The maximum Gasteiger partial charge on any atom is 0.133 e. The predicted octanol–water partition coefficient (Wildman–Crippen LogP) is 4.44. The number of alkyl halides is 1. The van der Waals surface area contributed by atoms with Gasteiger partial charge in [-0.3, -0.25) is 0 Å². The van der Waals surface area contributed by atoms with E-state index >= 15 is 0 Å². The number of aliphatic hydroxyl groups is 1. The molecule has 0 radical (unpaired) electrons. The van der Waals surface area contributed by atoms with Gasteiger partial charge in [0.2, 0.25) is 0 Å². The van der Waals surface area contributed by atoms with Crippen molar-refractivity contribution in [3.8, 4) is 12.3 Å². The first-order chi connectivity index (χ1) is 8.31. The summed E-state index contributed by atoms with van der Waals surface area (Å²) >= 11 is 3.45. The van der Waals surface area contributed by atoms with Crippen LogP contribution in [0, 0.1) is 12.3 Å². The van der Waals surface area contributed by atoms with Gasteiger partial charge in [0.15, 0.2) is 0 Å². The number of rotatable bonds is 11. The molecule has 0 aromatic carbocycles. The van der Waals surface area contributed by atoms with E-state index in [9.17, 15) is 0 Å². The number of hydrogen-bond donors (Lipinski definition) is 1. The van der Waals surface area contributed by atoms with Crippen molar-refractivity contribution < 1.29 is 5.11 Å². The van der Waals surface area contributed by atoms with Gasteiger partial charge in [0.1, 0.15) is 6.10 Å². The number of aliphatic hydroxyl groups excluding tert-OH is 1. The maximum absolute atomic E-state index is 9.08. The first kappa shape index (κ1) is 16.7. The van der Waals surface area contributed by atoms with Crippen molar-refractivity contribution in [1.82, 2.24) is 0 Å². The van der Waals surface area contributed by atoms with E-state index in [1.165, 1.54) is 51.4 Å². The summed E-state index contributed by atoms with van der Waals surface area (Å²) in [6.07, 6.45) is 19.7. The Morgan fingerprint density at radius 2 is 1.53 bits per heavy atom. The zero-order valence-electron chi connectivity index (χ0n) is 10.7. The summed E-state index contributed by atoms with van der Waals surface area (Å²) in [6.45, 7) is 0. The average molecular weight is 301 g/mol. The van der Waals surface area contributed by atoms with Crippen LogP contribution in [0.3, 0.4) is 0 Å². The van der Waals surface area contributed by atoms with Crippen molar-refractivity contribution in [3.05, 3.63) is 12.2 Å². The van der Waals surface area contributed by atoms with Crippen LogP contribution >= 0.6 is 15.9 Å². The third kappa shape index (κ3) is 13.7. The summed E-state index contributed by atoms with van der Waals surface area (Å²) in [5.41, 5.74) is 0. The van der Waals surface area contributed by atoms with E-state index in [0.29, 0.717) is 0 Å². The van der Waals surface area contributed by atoms with E-state index in [1.807, 2.05) is 6.08 Å². The average Bonchev–Trinajstić information content (AvgIpc) is 2.35. The molecule has 17 heavy (non-hydrogen) atoms. The zero-order chi connectivity index (χ0) is 12.8. The number of unbranched alkanes of at least 4 members (excludes halogenated alkanes) is 8. The standard InChI is InChI=1S/C15H25BrO/c1-2-15(17)13-11-9-7-5-3-4-6-8-10-12-14-16/h1,11,13,15,17H,3-10,12,14H2/t15-/m0/s1. The Bertz CT molecular complexity index is 217. The second kappa shape index (κ2) is 13.8. The van der Waals surface area contributed by atoms with Crippen LogP contribution in [-0.2, 0) is 0 Å². The zero-order valence-corrected chi connectivity index (χ0v) is 12.3. The third-order valence-electron chi connectivity index (χ3n) is 2.74. The first-order valence-corrected chi connectivity index (χ1v) is 7.80. The molecule has 0 aliphatic rings. The molecule has 0 spiro atoms. The Balaban J connectivity index is 3.09. The molecule has 2 heteroatoms. The quantitative estimate of drug-likeness (QED) is 0.259. The highest BCUT2D eigenvalue weighted by molar-refractivity contribution is 9.09. The summed E-state index contributed by atoms with van der Waals surface area (Å²) < 4.78 is 0. The molecular weight excluding hydrogens is 276 g/mol. The normalized spacial score (nSPS) is 12.8. The summed E-state index contributed by atoms with van der Waals surface area (Å²) in [4.78, 5) is 0. The lowest BCUT2D eigenvalue weighted by Crippen LogP contribution is -1.95.